The normalized spacial score (nSPS) is 23.9. The van der Waals surface area contributed by atoms with Crippen molar-refractivity contribution in [1.82, 2.24) is 0 Å². The maximum absolute atomic E-state index is 13.7. The summed E-state index contributed by atoms with van der Waals surface area (Å²) in [6, 6.07) is 19.0. The fourth-order valence-corrected chi connectivity index (χ4v) is 6.34. The molecule has 3 nitrogen and oxygen atoms in total. The number of imide groups is 1. The Hall–Kier alpha value is -3.64. The summed E-state index contributed by atoms with van der Waals surface area (Å²) in [5.41, 5.74) is 5.03. The molecular formula is C31H23ClF3NO2. The summed E-state index contributed by atoms with van der Waals surface area (Å²) in [6.45, 7) is 4.02. The molecule has 1 aliphatic heterocycles. The third kappa shape index (κ3) is 3.73. The van der Waals surface area contributed by atoms with E-state index in [-0.39, 0.29) is 22.5 Å². The van der Waals surface area contributed by atoms with Crippen molar-refractivity contribution in [3.63, 3.8) is 0 Å². The minimum Gasteiger partial charge on any atom is -0.274 e. The van der Waals surface area contributed by atoms with Gasteiger partial charge in [0.1, 0.15) is 0 Å². The van der Waals surface area contributed by atoms with Gasteiger partial charge >= 0.3 is 6.18 Å². The molecule has 0 spiro atoms. The third-order valence-electron chi connectivity index (χ3n) is 7.90. The lowest BCUT2D eigenvalue weighted by Crippen LogP contribution is -2.33. The quantitative estimate of drug-likeness (QED) is 0.260. The number of rotatable bonds is 3. The second kappa shape index (κ2) is 8.70. The standard InChI is InChI=1S/C31H23ClF3NO2/c1-16-3-7-18(8-4-16)25(19-9-5-17(2)6-10-19)26-21-12-13-22(26)28-27(21)29(37)36(30(28)38)24-15-20(31(33,34)35)11-14-23(24)32/h3-15,21-22,27-28H,1-2H3/t21-,22-,27+,28+/m1/s1. The van der Waals surface area contributed by atoms with Crippen molar-refractivity contribution in [2.24, 2.45) is 23.7 Å². The van der Waals surface area contributed by atoms with E-state index in [0.29, 0.717) is 0 Å². The van der Waals surface area contributed by atoms with Crippen LogP contribution in [-0.2, 0) is 15.8 Å². The lowest BCUT2D eigenvalue weighted by atomic mass is 9.85. The molecule has 2 fully saturated rings. The van der Waals surface area contributed by atoms with E-state index in [1.165, 1.54) is 0 Å². The molecule has 7 heteroatoms. The molecule has 1 saturated heterocycles. The fraction of sp³-hybridized carbons (Fsp3) is 0.226. The van der Waals surface area contributed by atoms with Crippen LogP contribution in [0.2, 0.25) is 5.02 Å². The number of aryl methyl sites for hydroxylation is 2. The topological polar surface area (TPSA) is 37.4 Å². The Balaban J connectivity index is 1.47. The van der Waals surface area contributed by atoms with Crippen LogP contribution in [-0.4, -0.2) is 11.8 Å². The zero-order chi connectivity index (χ0) is 26.9. The van der Waals surface area contributed by atoms with Gasteiger partial charge in [-0.05, 0) is 54.3 Å². The number of hydrogen-bond acceptors (Lipinski definition) is 2. The molecule has 3 aromatic rings. The van der Waals surface area contributed by atoms with Gasteiger partial charge in [-0.1, -0.05) is 83.4 Å². The van der Waals surface area contributed by atoms with Crippen LogP contribution in [0, 0.1) is 37.5 Å². The minimum absolute atomic E-state index is 0.0734. The van der Waals surface area contributed by atoms with Gasteiger partial charge in [0.05, 0.1) is 28.1 Å². The van der Waals surface area contributed by atoms with Gasteiger partial charge in [0, 0.05) is 11.8 Å². The van der Waals surface area contributed by atoms with Gasteiger partial charge < -0.3 is 0 Å². The smallest absolute Gasteiger partial charge is 0.274 e. The number of alkyl halides is 3. The van der Waals surface area contributed by atoms with Crippen molar-refractivity contribution in [2.75, 3.05) is 4.90 Å². The van der Waals surface area contributed by atoms with Crippen LogP contribution in [0.4, 0.5) is 18.9 Å². The lowest BCUT2D eigenvalue weighted by molar-refractivity contribution is -0.137. The van der Waals surface area contributed by atoms with E-state index in [0.717, 1.165) is 56.5 Å². The summed E-state index contributed by atoms with van der Waals surface area (Å²) in [5, 5.41) is -0.0734. The molecule has 0 N–H and O–H groups in total. The molecule has 2 amide bonds. The average Bonchev–Trinajstić information content (AvgIpc) is 3.50. The Morgan fingerprint density at radius 1 is 0.763 bits per heavy atom. The third-order valence-corrected chi connectivity index (χ3v) is 8.22. The van der Waals surface area contributed by atoms with E-state index >= 15 is 0 Å². The van der Waals surface area contributed by atoms with E-state index in [2.05, 4.69) is 0 Å². The number of allylic oxidation sites excluding steroid dienone is 3. The number of nitrogens with zero attached hydrogens (tertiary/aromatic N) is 1. The van der Waals surface area contributed by atoms with Gasteiger partial charge in [0.25, 0.3) is 0 Å². The van der Waals surface area contributed by atoms with Gasteiger partial charge in [0.15, 0.2) is 0 Å². The van der Waals surface area contributed by atoms with Gasteiger partial charge in [-0.15, -0.1) is 0 Å². The predicted molar refractivity (Wildman–Crippen MR) is 140 cm³/mol. The van der Waals surface area contributed by atoms with Crippen molar-refractivity contribution in [2.45, 2.75) is 20.0 Å². The van der Waals surface area contributed by atoms with Crippen LogP contribution in [0.25, 0.3) is 5.57 Å². The monoisotopic (exact) mass is 533 g/mol. The highest BCUT2D eigenvalue weighted by molar-refractivity contribution is 6.36. The Morgan fingerprint density at radius 2 is 1.24 bits per heavy atom. The maximum Gasteiger partial charge on any atom is 0.416 e. The summed E-state index contributed by atoms with van der Waals surface area (Å²) in [4.78, 5) is 28.3. The molecule has 38 heavy (non-hydrogen) atoms. The zero-order valence-corrected chi connectivity index (χ0v) is 21.3. The molecule has 0 unspecified atom stereocenters. The first kappa shape index (κ1) is 24.7. The SMILES string of the molecule is Cc1ccc(C(=C2[C@H]3C=C[C@H]2[C@@H]2C(=O)N(c4cc(C(F)(F)F)ccc4Cl)C(=O)[C@H]23)c2ccc(C)cc2)cc1. The molecule has 192 valence electrons. The van der Waals surface area contributed by atoms with Gasteiger partial charge in [-0.3, -0.25) is 9.59 Å². The molecule has 4 atom stereocenters. The first-order valence-corrected chi connectivity index (χ1v) is 12.7. The van der Waals surface area contributed by atoms with E-state index in [1.807, 2.05) is 74.5 Å². The van der Waals surface area contributed by atoms with Crippen molar-refractivity contribution in [3.8, 4) is 0 Å². The largest absolute Gasteiger partial charge is 0.416 e. The van der Waals surface area contributed by atoms with Crippen LogP contribution in [0.5, 0.6) is 0 Å². The predicted octanol–water partition coefficient (Wildman–Crippen LogP) is 7.40. The number of hydrogen-bond donors (Lipinski definition) is 0. The molecule has 2 aliphatic carbocycles. The summed E-state index contributed by atoms with van der Waals surface area (Å²) >= 11 is 6.23. The Kier molecular flexibility index (Phi) is 5.65. The van der Waals surface area contributed by atoms with Gasteiger partial charge in [-0.2, -0.15) is 13.2 Å². The number of amides is 2. The minimum atomic E-state index is -4.63. The number of carbonyl (C=O) groups excluding carboxylic acids is 2. The van der Waals surface area contributed by atoms with Gasteiger partial charge in [-0.25, -0.2) is 4.90 Å². The number of fused-ring (bicyclic) bond motifs is 5. The number of benzene rings is 3. The summed E-state index contributed by atoms with van der Waals surface area (Å²) in [7, 11) is 0. The molecule has 3 aromatic carbocycles. The molecule has 3 aliphatic rings. The summed E-state index contributed by atoms with van der Waals surface area (Å²) in [5.74, 6) is -3.08. The molecule has 6 rings (SSSR count). The van der Waals surface area contributed by atoms with E-state index < -0.39 is 35.4 Å². The van der Waals surface area contributed by atoms with E-state index in [4.69, 9.17) is 11.6 Å². The Morgan fingerprint density at radius 3 is 1.68 bits per heavy atom. The maximum atomic E-state index is 13.7. The average molecular weight is 534 g/mol. The molecule has 0 radical (unpaired) electrons. The van der Waals surface area contributed by atoms with Crippen molar-refractivity contribution in [3.05, 3.63) is 117 Å². The van der Waals surface area contributed by atoms with Crippen molar-refractivity contribution in [1.29, 1.82) is 0 Å². The van der Waals surface area contributed by atoms with Crippen molar-refractivity contribution >= 4 is 34.7 Å². The Labute approximate surface area is 223 Å². The van der Waals surface area contributed by atoms with Crippen LogP contribution < -0.4 is 4.90 Å². The Bertz CT molecular complexity index is 1460. The first-order valence-electron chi connectivity index (χ1n) is 12.4. The lowest BCUT2D eigenvalue weighted by Gasteiger charge is -2.23. The van der Waals surface area contributed by atoms with E-state index in [1.54, 1.807) is 0 Å². The highest BCUT2D eigenvalue weighted by atomic mass is 35.5. The first-order chi connectivity index (χ1) is 18.1. The number of anilines is 1. The van der Waals surface area contributed by atoms with Crippen LogP contribution in [0.15, 0.2) is 84.5 Å². The fourth-order valence-electron chi connectivity index (χ4n) is 6.13. The molecule has 1 saturated carbocycles. The summed E-state index contributed by atoms with van der Waals surface area (Å²) in [6.07, 6.45) is -0.702. The van der Waals surface area contributed by atoms with Crippen LogP contribution in [0.3, 0.4) is 0 Å². The van der Waals surface area contributed by atoms with Crippen LogP contribution in [0.1, 0.15) is 27.8 Å². The van der Waals surface area contributed by atoms with Gasteiger partial charge in [0.2, 0.25) is 11.8 Å². The van der Waals surface area contributed by atoms with E-state index in [9.17, 15) is 22.8 Å². The molecule has 0 aromatic heterocycles. The second-order valence-electron chi connectivity index (χ2n) is 10.2. The highest BCUT2D eigenvalue weighted by Crippen LogP contribution is 2.59. The zero-order valence-electron chi connectivity index (χ0n) is 20.6. The van der Waals surface area contributed by atoms with Crippen molar-refractivity contribution < 1.29 is 22.8 Å². The molecule has 2 bridgehead atoms. The summed E-state index contributed by atoms with van der Waals surface area (Å²) < 4.78 is 40.2. The molecule has 1 heterocycles. The molecular weight excluding hydrogens is 511 g/mol. The second-order valence-corrected chi connectivity index (χ2v) is 10.6. The number of carbonyl (C=O) groups is 2. The highest BCUT2D eigenvalue weighted by Gasteiger charge is 2.62. The van der Waals surface area contributed by atoms with Crippen LogP contribution >= 0.6 is 11.6 Å². The number of halogens is 4.